The predicted molar refractivity (Wildman–Crippen MR) is 79.6 cm³/mol. The molecule has 1 N–H and O–H groups in total. The van der Waals surface area contributed by atoms with E-state index in [1.807, 2.05) is 22.6 Å². The zero-order chi connectivity index (χ0) is 13.9. The summed E-state index contributed by atoms with van der Waals surface area (Å²) in [5, 5.41) is 2.95. The highest BCUT2D eigenvalue weighted by molar-refractivity contribution is 14.1. The first kappa shape index (κ1) is 14.7. The van der Waals surface area contributed by atoms with Crippen molar-refractivity contribution in [2.24, 2.45) is 5.41 Å². The van der Waals surface area contributed by atoms with E-state index in [1.165, 1.54) is 18.2 Å². The van der Waals surface area contributed by atoms with Crippen LogP contribution in [0.25, 0.3) is 0 Å². The van der Waals surface area contributed by atoms with Crippen molar-refractivity contribution in [3.63, 3.8) is 0 Å². The van der Waals surface area contributed by atoms with Crippen molar-refractivity contribution < 1.29 is 13.9 Å². The molecule has 104 valence electrons. The van der Waals surface area contributed by atoms with E-state index < -0.39 is 0 Å². The van der Waals surface area contributed by atoms with Gasteiger partial charge in [0.05, 0.1) is 5.56 Å². The highest BCUT2D eigenvalue weighted by Gasteiger charge is 2.28. The van der Waals surface area contributed by atoms with Crippen LogP contribution in [0.15, 0.2) is 18.2 Å². The lowest BCUT2D eigenvalue weighted by atomic mass is 9.82. The summed E-state index contributed by atoms with van der Waals surface area (Å²) in [5.74, 6) is -0.463. The predicted octanol–water partition coefficient (Wildman–Crippen LogP) is 2.98. The second-order valence-corrected chi connectivity index (χ2v) is 6.39. The molecule has 1 fully saturated rings. The van der Waals surface area contributed by atoms with Gasteiger partial charge >= 0.3 is 0 Å². The fourth-order valence-electron chi connectivity index (χ4n) is 2.10. The van der Waals surface area contributed by atoms with Crippen LogP contribution in [0.2, 0.25) is 0 Å². The first-order valence-electron chi connectivity index (χ1n) is 6.31. The van der Waals surface area contributed by atoms with Crippen LogP contribution in [0.3, 0.4) is 0 Å². The van der Waals surface area contributed by atoms with Crippen molar-refractivity contribution in [2.75, 3.05) is 19.8 Å². The number of rotatable bonds is 3. The third-order valence-corrected chi connectivity index (χ3v) is 4.44. The molecule has 1 aliphatic heterocycles. The van der Waals surface area contributed by atoms with Gasteiger partial charge in [0.25, 0.3) is 5.91 Å². The molecule has 3 nitrogen and oxygen atoms in total. The summed E-state index contributed by atoms with van der Waals surface area (Å²) in [4.78, 5) is 12.1. The van der Waals surface area contributed by atoms with Crippen LogP contribution in [-0.2, 0) is 4.74 Å². The minimum atomic E-state index is -0.322. The van der Waals surface area contributed by atoms with Crippen LogP contribution in [0, 0.1) is 14.8 Å². The number of carbonyl (C=O) groups is 1. The number of benzene rings is 1. The Morgan fingerprint density at radius 2 is 2.16 bits per heavy atom. The van der Waals surface area contributed by atoms with Gasteiger partial charge in [0, 0.05) is 23.3 Å². The number of amides is 1. The fraction of sp³-hybridized carbons (Fsp3) is 0.500. The van der Waals surface area contributed by atoms with Crippen LogP contribution >= 0.6 is 22.6 Å². The third-order valence-electron chi connectivity index (χ3n) is 3.55. The van der Waals surface area contributed by atoms with Gasteiger partial charge in [-0.3, -0.25) is 4.79 Å². The molecule has 0 radical (unpaired) electrons. The summed E-state index contributed by atoms with van der Waals surface area (Å²) in [7, 11) is 0. The fourth-order valence-corrected chi connectivity index (χ4v) is 2.83. The van der Waals surface area contributed by atoms with Gasteiger partial charge in [-0.2, -0.15) is 0 Å². The summed E-state index contributed by atoms with van der Waals surface area (Å²) in [5.41, 5.74) is 0.622. The number of hydrogen-bond donors (Lipinski definition) is 1. The van der Waals surface area contributed by atoms with Crippen molar-refractivity contribution in [1.82, 2.24) is 5.32 Å². The van der Waals surface area contributed by atoms with Gasteiger partial charge in [0.15, 0.2) is 0 Å². The molecule has 0 spiro atoms. The minimum absolute atomic E-state index is 0.0966. The Kier molecular flexibility index (Phi) is 4.78. The molecule has 0 bridgehead atoms. The molecule has 19 heavy (non-hydrogen) atoms. The van der Waals surface area contributed by atoms with Crippen LogP contribution in [0.4, 0.5) is 4.39 Å². The molecular formula is C14H17FINO2. The Balaban J connectivity index is 1.97. The van der Waals surface area contributed by atoms with E-state index in [0.717, 1.165) is 26.1 Å². The van der Waals surface area contributed by atoms with Crippen LogP contribution in [-0.4, -0.2) is 25.7 Å². The Bertz CT molecular complexity index is 473. The molecule has 1 aromatic rings. The van der Waals surface area contributed by atoms with Crippen LogP contribution in [0.5, 0.6) is 0 Å². The van der Waals surface area contributed by atoms with Gasteiger partial charge in [0.1, 0.15) is 5.82 Å². The standard InChI is InChI=1S/C14H17FINO2/c1-14(4-6-19-7-5-14)9-17-13(18)11-3-2-10(15)8-12(11)16/h2-3,8H,4-7,9H2,1H3,(H,17,18). The van der Waals surface area contributed by atoms with Gasteiger partial charge in [-0.15, -0.1) is 0 Å². The molecule has 0 saturated carbocycles. The van der Waals surface area contributed by atoms with E-state index >= 15 is 0 Å². The number of halogens is 2. The molecule has 1 aromatic carbocycles. The number of nitrogens with one attached hydrogen (secondary N) is 1. The van der Waals surface area contributed by atoms with E-state index in [9.17, 15) is 9.18 Å². The SMILES string of the molecule is CC1(CNC(=O)c2ccc(F)cc2I)CCOCC1. The molecule has 1 heterocycles. The average Bonchev–Trinajstić information content (AvgIpc) is 2.37. The topological polar surface area (TPSA) is 38.3 Å². The zero-order valence-electron chi connectivity index (χ0n) is 10.8. The number of ether oxygens (including phenoxy) is 1. The molecule has 0 unspecified atom stereocenters. The van der Waals surface area contributed by atoms with Crippen LogP contribution in [0.1, 0.15) is 30.1 Å². The molecule has 1 amide bonds. The van der Waals surface area contributed by atoms with E-state index in [0.29, 0.717) is 15.7 Å². The van der Waals surface area contributed by atoms with Crippen molar-refractivity contribution in [3.05, 3.63) is 33.1 Å². The maximum atomic E-state index is 13.0. The highest BCUT2D eigenvalue weighted by atomic mass is 127. The summed E-state index contributed by atoms with van der Waals surface area (Å²) >= 11 is 1.98. The summed E-state index contributed by atoms with van der Waals surface area (Å²) in [6.07, 6.45) is 1.90. The van der Waals surface area contributed by atoms with E-state index in [1.54, 1.807) is 0 Å². The molecule has 0 aliphatic carbocycles. The van der Waals surface area contributed by atoms with Gasteiger partial charge < -0.3 is 10.1 Å². The second-order valence-electron chi connectivity index (χ2n) is 5.23. The Morgan fingerprint density at radius 3 is 2.79 bits per heavy atom. The molecule has 0 aromatic heterocycles. The van der Waals surface area contributed by atoms with E-state index in [2.05, 4.69) is 12.2 Å². The Morgan fingerprint density at radius 1 is 1.47 bits per heavy atom. The maximum absolute atomic E-state index is 13.0. The minimum Gasteiger partial charge on any atom is -0.381 e. The van der Waals surface area contributed by atoms with Crippen molar-refractivity contribution in [1.29, 1.82) is 0 Å². The highest BCUT2D eigenvalue weighted by Crippen LogP contribution is 2.28. The molecule has 1 saturated heterocycles. The average molecular weight is 377 g/mol. The molecular weight excluding hydrogens is 360 g/mol. The summed E-state index contributed by atoms with van der Waals surface area (Å²) in [6, 6.07) is 4.21. The first-order chi connectivity index (χ1) is 9.00. The quantitative estimate of drug-likeness (QED) is 0.823. The number of hydrogen-bond acceptors (Lipinski definition) is 2. The Labute approximate surface area is 126 Å². The third kappa shape index (κ3) is 3.89. The second kappa shape index (κ2) is 6.17. The van der Waals surface area contributed by atoms with Gasteiger partial charge in [-0.05, 0) is 59.0 Å². The molecule has 5 heteroatoms. The van der Waals surface area contributed by atoms with Crippen LogP contribution < -0.4 is 5.32 Å². The van der Waals surface area contributed by atoms with Crippen molar-refractivity contribution >= 4 is 28.5 Å². The van der Waals surface area contributed by atoms with Crippen molar-refractivity contribution in [2.45, 2.75) is 19.8 Å². The summed E-state index contributed by atoms with van der Waals surface area (Å²) < 4.78 is 19.0. The first-order valence-corrected chi connectivity index (χ1v) is 7.39. The molecule has 2 rings (SSSR count). The van der Waals surface area contributed by atoms with Gasteiger partial charge in [0.2, 0.25) is 0 Å². The Hall–Kier alpha value is -0.690. The smallest absolute Gasteiger partial charge is 0.252 e. The number of carbonyl (C=O) groups excluding carboxylic acids is 1. The van der Waals surface area contributed by atoms with E-state index in [4.69, 9.17) is 4.74 Å². The molecule has 1 aliphatic rings. The lowest BCUT2D eigenvalue weighted by Crippen LogP contribution is -2.39. The van der Waals surface area contributed by atoms with Gasteiger partial charge in [-0.1, -0.05) is 6.92 Å². The monoisotopic (exact) mass is 377 g/mol. The largest absolute Gasteiger partial charge is 0.381 e. The maximum Gasteiger partial charge on any atom is 0.252 e. The molecule has 0 atom stereocenters. The summed E-state index contributed by atoms with van der Waals surface area (Å²) in [6.45, 7) is 4.29. The normalized spacial score (nSPS) is 18.1. The van der Waals surface area contributed by atoms with Gasteiger partial charge in [-0.25, -0.2) is 4.39 Å². The lowest BCUT2D eigenvalue weighted by Gasteiger charge is -2.33. The zero-order valence-corrected chi connectivity index (χ0v) is 13.0. The van der Waals surface area contributed by atoms with Crippen molar-refractivity contribution in [3.8, 4) is 0 Å². The lowest BCUT2D eigenvalue weighted by molar-refractivity contribution is 0.0238. The van der Waals surface area contributed by atoms with E-state index in [-0.39, 0.29) is 17.1 Å².